The minimum absolute atomic E-state index is 0.0883. The molecule has 2 aromatic carbocycles. The van der Waals surface area contributed by atoms with E-state index in [1.165, 1.54) is 0 Å². The Morgan fingerprint density at radius 2 is 1.74 bits per heavy atom. The van der Waals surface area contributed by atoms with Crippen molar-refractivity contribution >= 4 is 16.7 Å². The molecule has 0 aliphatic heterocycles. The lowest BCUT2D eigenvalue weighted by atomic mass is 10.1. The quantitative estimate of drug-likeness (QED) is 0.503. The van der Waals surface area contributed by atoms with Crippen LogP contribution in [-0.4, -0.2) is 5.78 Å². The fourth-order valence-electron chi connectivity index (χ4n) is 2.24. The Bertz CT molecular complexity index is 748. The van der Waals surface area contributed by atoms with Crippen LogP contribution in [0.1, 0.15) is 17.3 Å². The molecule has 1 aromatic heterocycles. The number of nitrogens with zero attached hydrogens (tertiary/aromatic N) is 1. The van der Waals surface area contributed by atoms with E-state index in [4.69, 9.17) is 0 Å². The fraction of sp³-hybridized carbons (Fsp3) is 0.0588. The Kier molecular flexibility index (Phi) is 2.84. The number of ketones is 1. The van der Waals surface area contributed by atoms with Crippen LogP contribution >= 0.6 is 0 Å². The monoisotopic (exact) mass is 248 g/mol. The third kappa shape index (κ3) is 2.13. The molecule has 19 heavy (non-hydrogen) atoms. The predicted octanol–water partition coefficient (Wildman–Crippen LogP) is 3.32. The number of rotatable bonds is 2. The lowest BCUT2D eigenvalue weighted by Crippen LogP contribution is -2.30. The highest BCUT2D eigenvalue weighted by molar-refractivity contribution is 5.97. The Morgan fingerprint density at radius 1 is 0.947 bits per heavy atom. The summed E-state index contributed by atoms with van der Waals surface area (Å²) in [6.07, 6.45) is 2.02. The first-order valence-corrected chi connectivity index (χ1v) is 6.26. The molecule has 0 radical (unpaired) electrons. The molecule has 0 aliphatic rings. The number of hydrogen-bond acceptors (Lipinski definition) is 1. The number of benzene rings is 2. The number of pyridine rings is 1. The van der Waals surface area contributed by atoms with E-state index in [-0.39, 0.29) is 5.78 Å². The van der Waals surface area contributed by atoms with Gasteiger partial charge in [0.2, 0.25) is 11.2 Å². The van der Waals surface area contributed by atoms with Gasteiger partial charge in [-0.05, 0) is 19.1 Å². The second-order valence-electron chi connectivity index (χ2n) is 4.54. The smallest absolute Gasteiger partial charge is 0.219 e. The van der Waals surface area contributed by atoms with E-state index in [9.17, 15) is 4.79 Å². The molecule has 0 saturated carbocycles. The van der Waals surface area contributed by atoms with E-state index < -0.39 is 0 Å². The molecule has 0 N–H and O–H groups in total. The third-order valence-electron chi connectivity index (χ3n) is 3.24. The van der Waals surface area contributed by atoms with Crippen molar-refractivity contribution in [1.82, 2.24) is 0 Å². The van der Waals surface area contributed by atoms with Crippen LogP contribution in [0, 0.1) is 0 Å². The maximum Gasteiger partial charge on any atom is 0.219 e. The molecule has 1 heterocycles. The van der Waals surface area contributed by atoms with Crippen LogP contribution in [0.2, 0.25) is 0 Å². The Hall–Kier alpha value is -2.48. The zero-order chi connectivity index (χ0) is 13.2. The summed E-state index contributed by atoms with van der Waals surface area (Å²) >= 11 is 0. The lowest BCUT2D eigenvalue weighted by Gasteiger charge is -2.02. The van der Waals surface area contributed by atoms with Gasteiger partial charge in [-0.2, -0.15) is 4.57 Å². The van der Waals surface area contributed by atoms with Gasteiger partial charge in [-0.15, -0.1) is 0 Å². The van der Waals surface area contributed by atoms with Crippen molar-refractivity contribution in [2.24, 2.45) is 0 Å². The summed E-state index contributed by atoms with van der Waals surface area (Å²) in [6, 6.07) is 20.0. The molecular formula is C17H14NO+. The van der Waals surface area contributed by atoms with E-state index in [2.05, 4.69) is 22.8 Å². The summed E-state index contributed by atoms with van der Waals surface area (Å²) in [7, 11) is 0. The number of carbonyl (C=O) groups excluding carboxylic acids is 1. The maximum atomic E-state index is 11.5. The Labute approximate surface area is 111 Å². The summed E-state index contributed by atoms with van der Waals surface area (Å²) in [5.41, 5.74) is 2.87. The Morgan fingerprint density at radius 3 is 2.47 bits per heavy atom. The average molecular weight is 248 g/mol. The molecule has 0 amide bonds. The van der Waals surface area contributed by atoms with Gasteiger partial charge >= 0.3 is 0 Å². The first-order chi connectivity index (χ1) is 9.25. The highest BCUT2D eigenvalue weighted by atomic mass is 16.1. The van der Waals surface area contributed by atoms with Gasteiger partial charge < -0.3 is 0 Å². The molecule has 3 rings (SSSR count). The molecule has 0 saturated heterocycles. The minimum atomic E-state index is 0.0883. The van der Waals surface area contributed by atoms with Gasteiger partial charge in [0.25, 0.3) is 0 Å². The van der Waals surface area contributed by atoms with Crippen LogP contribution in [0.15, 0.2) is 66.9 Å². The van der Waals surface area contributed by atoms with Gasteiger partial charge in [-0.1, -0.05) is 24.3 Å². The van der Waals surface area contributed by atoms with Gasteiger partial charge in [0.05, 0.1) is 0 Å². The molecule has 92 valence electrons. The highest BCUT2D eigenvalue weighted by Crippen LogP contribution is 2.14. The normalized spacial score (nSPS) is 10.6. The number of Topliss-reactive ketones (excluding diaryl/α,β-unsaturated/α-hetero) is 1. The molecule has 0 unspecified atom stereocenters. The van der Waals surface area contributed by atoms with Gasteiger partial charge in [0.1, 0.15) is 0 Å². The van der Waals surface area contributed by atoms with Gasteiger partial charge in [0.15, 0.2) is 12.0 Å². The molecular weight excluding hydrogens is 234 g/mol. The molecule has 0 aliphatic carbocycles. The number of para-hydroxylation sites is 1. The average Bonchev–Trinajstić information content (AvgIpc) is 2.47. The number of aromatic nitrogens is 1. The van der Waals surface area contributed by atoms with Crippen molar-refractivity contribution in [2.75, 3.05) is 0 Å². The molecule has 0 spiro atoms. The van der Waals surface area contributed by atoms with Crippen LogP contribution in [0.25, 0.3) is 16.6 Å². The summed E-state index contributed by atoms with van der Waals surface area (Å²) in [6.45, 7) is 1.59. The standard InChI is InChI=1S/C17H14NO/c1-13(19)15-10-9-14-6-5-11-18(17(14)12-15)16-7-3-2-4-8-16/h2-12H,1H3/q+1. The van der Waals surface area contributed by atoms with Crippen LogP contribution in [0.3, 0.4) is 0 Å². The predicted molar refractivity (Wildman–Crippen MR) is 75.5 cm³/mol. The highest BCUT2D eigenvalue weighted by Gasteiger charge is 2.12. The van der Waals surface area contributed by atoms with Crippen molar-refractivity contribution < 1.29 is 9.36 Å². The van der Waals surface area contributed by atoms with E-state index in [1.807, 2.05) is 48.7 Å². The van der Waals surface area contributed by atoms with E-state index in [1.54, 1.807) is 6.92 Å². The minimum Gasteiger partial charge on any atom is -0.295 e. The zero-order valence-corrected chi connectivity index (χ0v) is 10.7. The van der Waals surface area contributed by atoms with Gasteiger partial charge in [-0.3, -0.25) is 4.79 Å². The molecule has 2 heteroatoms. The largest absolute Gasteiger partial charge is 0.295 e. The maximum absolute atomic E-state index is 11.5. The number of hydrogen-bond donors (Lipinski definition) is 0. The summed E-state index contributed by atoms with van der Waals surface area (Å²) in [5.74, 6) is 0.0883. The van der Waals surface area contributed by atoms with Crippen molar-refractivity contribution in [3.8, 4) is 5.69 Å². The SMILES string of the molecule is CC(=O)c1ccc2ccc[n+](-c3ccccc3)c2c1. The molecule has 0 atom stereocenters. The first-order valence-electron chi connectivity index (χ1n) is 6.26. The Balaban J connectivity index is 2.30. The fourth-order valence-corrected chi connectivity index (χ4v) is 2.24. The van der Waals surface area contributed by atoms with Gasteiger partial charge in [-0.25, -0.2) is 0 Å². The zero-order valence-electron chi connectivity index (χ0n) is 10.7. The molecule has 3 aromatic rings. The number of carbonyl (C=O) groups is 1. The number of fused-ring (bicyclic) bond motifs is 1. The summed E-state index contributed by atoms with van der Waals surface area (Å²) < 4.78 is 2.10. The van der Waals surface area contributed by atoms with Crippen molar-refractivity contribution in [1.29, 1.82) is 0 Å². The van der Waals surface area contributed by atoms with Crippen LogP contribution in [0.5, 0.6) is 0 Å². The van der Waals surface area contributed by atoms with Crippen LogP contribution in [-0.2, 0) is 0 Å². The lowest BCUT2D eigenvalue weighted by molar-refractivity contribution is -0.567. The van der Waals surface area contributed by atoms with Gasteiger partial charge in [0, 0.05) is 35.2 Å². The van der Waals surface area contributed by atoms with E-state index in [0.717, 1.165) is 22.2 Å². The van der Waals surface area contributed by atoms with Crippen molar-refractivity contribution in [3.63, 3.8) is 0 Å². The van der Waals surface area contributed by atoms with Crippen LogP contribution < -0.4 is 4.57 Å². The molecule has 0 fully saturated rings. The second-order valence-corrected chi connectivity index (χ2v) is 4.54. The first kappa shape index (κ1) is 11.6. The molecule has 0 bridgehead atoms. The van der Waals surface area contributed by atoms with E-state index in [0.29, 0.717) is 0 Å². The van der Waals surface area contributed by atoms with Crippen molar-refractivity contribution in [3.05, 3.63) is 72.4 Å². The third-order valence-corrected chi connectivity index (χ3v) is 3.24. The second kappa shape index (κ2) is 4.65. The topological polar surface area (TPSA) is 20.9 Å². The van der Waals surface area contributed by atoms with E-state index >= 15 is 0 Å². The molecule has 2 nitrogen and oxygen atoms in total. The summed E-state index contributed by atoms with van der Waals surface area (Å²) in [4.78, 5) is 11.5. The summed E-state index contributed by atoms with van der Waals surface area (Å²) in [5, 5.41) is 1.12. The van der Waals surface area contributed by atoms with Crippen molar-refractivity contribution in [2.45, 2.75) is 6.92 Å². The van der Waals surface area contributed by atoms with Crippen LogP contribution in [0.4, 0.5) is 0 Å².